The van der Waals surface area contributed by atoms with E-state index in [-0.39, 0.29) is 23.9 Å². The van der Waals surface area contributed by atoms with Gasteiger partial charge in [-0.15, -0.1) is 0 Å². The Hall–Kier alpha value is -3.16. The lowest BCUT2D eigenvalue weighted by Gasteiger charge is -2.23. The zero-order valence-electron chi connectivity index (χ0n) is 15.3. The Kier molecular flexibility index (Phi) is 4.18. The van der Waals surface area contributed by atoms with Crippen molar-refractivity contribution in [2.24, 2.45) is 7.05 Å². The van der Waals surface area contributed by atoms with Crippen molar-refractivity contribution in [1.29, 1.82) is 0 Å². The number of hydrogen-bond donors (Lipinski definition) is 2. The molecule has 3 aromatic rings. The second-order valence-corrected chi connectivity index (χ2v) is 7.05. The molecule has 8 nitrogen and oxygen atoms in total. The maximum atomic E-state index is 12.9. The summed E-state index contributed by atoms with van der Waals surface area (Å²) in [7, 11) is 1.39. The second kappa shape index (κ2) is 6.53. The van der Waals surface area contributed by atoms with E-state index in [2.05, 4.69) is 15.0 Å². The third-order valence-electron chi connectivity index (χ3n) is 5.14. The van der Waals surface area contributed by atoms with Gasteiger partial charge in [0.1, 0.15) is 5.82 Å². The third kappa shape index (κ3) is 3.07. The van der Waals surface area contributed by atoms with Crippen molar-refractivity contribution in [2.75, 3.05) is 6.54 Å². The standard InChI is InChI=1S/C19H21N5O3/c1-11-5-6-13-14(8-11)22-17(21-13)15-4-3-7-24(15)16(25)9-12-10-20-19(27)23(2)18(12)26/h5-6,8,10,15H,3-4,7,9H2,1-2H3,(H,20,27)(H,21,22). The highest BCUT2D eigenvalue weighted by Gasteiger charge is 2.32. The summed E-state index contributed by atoms with van der Waals surface area (Å²) in [4.78, 5) is 48.8. The largest absolute Gasteiger partial charge is 0.340 e. The predicted molar refractivity (Wildman–Crippen MR) is 101 cm³/mol. The number of imidazole rings is 1. The molecule has 3 heterocycles. The summed E-state index contributed by atoms with van der Waals surface area (Å²) in [6.07, 6.45) is 3.00. The van der Waals surface area contributed by atoms with Crippen LogP contribution in [0.4, 0.5) is 0 Å². The molecular weight excluding hydrogens is 346 g/mol. The van der Waals surface area contributed by atoms with E-state index in [4.69, 9.17) is 0 Å². The molecular formula is C19H21N5O3. The maximum Gasteiger partial charge on any atom is 0.328 e. The van der Waals surface area contributed by atoms with Gasteiger partial charge in [-0.3, -0.25) is 14.2 Å². The highest BCUT2D eigenvalue weighted by Crippen LogP contribution is 2.31. The molecule has 1 aromatic carbocycles. The molecule has 1 aliphatic rings. The summed E-state index contributed by atoms with van der Waals surface area (Å²) in [6, 6.07) is 5.89. The number of carbonyl (C=O) groups excluding carboxylic acids is 1. The lowest BCUT2D eigenvalue weighted by atomic mass is 10.1. The van der Waals surface area contributed by atoms with Crippen molar-refractivity contribution in [3.63, 3.8) is 0 Å². The fourth-order valence-electron chi connectivity index (χ4n) is 3.66. The first-order valence-electron chi connectivity index (χ1n) is 8.97. The summed E-state index contributed by atoms with van der Waals surface area (Å²) in [5.74, 6) is 0.633. The summed E-state index contributed by atoms with van der Waals surface area (Å²) in [5.41, 5.74) is 2.33. The van der Waals surface area contributed by atoms with E-state index in [1.807, 2.05) is 25.1 Å². The van der Waals surface area contributed by atoms with Gasteiger partial charge in [0.15, 0.2) is 0 Å². The number of aromatic nitrogens is 4. The number of nitrogens with zero attached hydrogens (tertiary/aromatic N) is 3. The van der Waals surface area contributed by atoms with Gasteiger partial charge < -0.3 is 14.9 Å². The van der Waals surface area contributed by atoms with Gasteiger partial charge in [-0.2, -0.15) is 0 Å². The van der Waals surface area contributed by atoms with E-state index >= 15 is 0 Å². The van der Waals surface area contributed by atoms with E-state index in [1.165, 1.54) is 13.2 Å². The molecule has 27 heavy (non-hydrogen) atoms. The molecule has 0 aliphatic carbocycles. The first-order chi connectivity index (χ1) is 12.9. The molecule has 0 radical (unpaired) electrons. The highest BCUT2D eigenvalue weighted by atomic mass is 16.2. The van der Waals surface area contributed by atoms with E-state index in [1.54, 1.807) is 4.90 Å². The number of fused-ring (bicyclic) bond motifs is 1. The van der Waals surface area contributed by atoms with Gasteiger partial charge in [0.05, 0.1) is 23.5 Å². The SMILES string of the molecule is Cc1ccc2nc(C3CCCN3C(=O)Cc3c[nH]c(=O)n(C)c3=O)[nH]c2c1. The van der Waals surface area contributed by atoms with E-state index < -0.39 is 11.2 Å². The van der Waals surface area contributed by atoms with Gasteiger partial charge in [0.25, 0.3) is 5.56 Å². The maximum absolute atomic E-state index is 12.9. The van der Waals surface area contributed by atoms with Crippen molar-refractivity contribution in [3.05, 3.63) is 62.2 Å². The predicted octanol–water partition coefficient (Wildman–Crippen LogP) is 1.16. The molecule has 1 unspecified atom stereocenters. The van der Waals surface area contributed by atoms with Crippen LogP contribution < -0.4 is 11.2 Å². The van der Waals surface area contributed by atoms with Crippen molar-refractivity contribution in [1.82, 2.24) is 24.4 Å². The number of aromatic amines is 2. The lowest BCUT2D eigenvalue weighted by molar-refractivity contribution is -0.131. The molecule has 1 saturated heterocycles. The average Bonchev–Trinajstić information content (AvgIpc) is 3.28. The second-order valence-electron chi connectivity index (χ2n) is 7.05. The zero-order valence-corrected chi connectivity index (χ0v) is 15.3. The Bertz CT molecular complexity index is 1140. The molecule has 0 spiro atoms. The minimum absolute atomic E-state index is 0.0424. The van der Waals surface area contributed by atoms with Crippen molar-refractivity contribution >= 4 is 16.9 Å². The topological polar surface area (TPSA) is 104 Å². The van der Waals surface area contributed by atoms with E-state index in [0.717, 1.165) is 39.8 Å². The Morgan fingerprint density at radius 3 is 2.96 bits per heavy atom. The lowest BCUT2D eigenvalue weighted by Crippen LogP contribution is -2.38. The molecule has 1 atom stereocenters. The van der Waals surface area contributed by atoms with Gasteiger partial charge in [0.2, 0.25) is 5.91 Å². The molecule has 4 rings (SSSR count). The van der Waals surface area contributed by atoms with Crippen LogP contribution in [0.15, 0.2) is 34.0 Å². The third-order valence-corrected chi connectivity index (χ3v) is 5.14. The Morgan fingerprint density at radius 2 is 2.15 bits per heavy atom. The number of carbonyl (C=O) groups is 1. The van der Waals surface area contributed by atoms with Crippen LogP contribution in [-0.2, 0) is 18.3 Å². The number of H-pyrrole nitrogens is 2. The minimum atomic E-state index is -0.493. The van der Waals surface area contributed by atoms with Gasteiger partial charge in [0, 0.05) is 25.4 Å². The molecule has 8 heteroatoms. The zero-order chi connectivity index (χ0) is 19.1. The van der Waals surface area contributed by atoms with Gasteiger partial charge in [-0.1, -0.05) is 6.07 Å². The summed E-state index contributed by atoms with van der Waals surface area (Å²) in [5, 5.41) is 0. The molecule has 140 valence electrons. The van der Waals surface area contributed by atoms with Gasteiger partial charge in [-0.25, -0.2) is 9.78 Å². The Morgan fingerprint density at radius 1 is 1.33 bits per heavy atom. The van der Waals surface area contributed by atoms with Crippen LogP contribution in [0, 0.1) is 6.92 Å². The molecule has 1 amide bonds. The number of aryl methyl sites for hydroxylation is 1. The number of hydrogen-bond acceptors (Lipinski definition) is 4. The first kappa shape index (κ1) is 17.3. The van der Waals surface area contributed by atoms with Crippen LogP contribution in [0.1, 0.15) is 35.8 Å². The quantitative estimate of drug-likeness (QED) is 0.725. The molecule has 0 bridgehead atoms. The Balaban J connectivity index is 1.60. The van der Waals surface area contributed by atoms with Crippen molar-refractivity contribution in [2.45, 2.75) is 32.2 Å². The summed E-state index contributed by atoms with van der Waals surface area (Å²) >= 11 is 0. The highest BCUT2D eigenvalue weighted by molar-refractivity contribution is 5.80. The Labute approximate surface area is 154 Å². The smallest absolute Gasteiger partial charge is 0.328 e. The van der Waals surface area contributed by atoms with Crippen LogP contribution in [-0.4, -0.2) is 36.9 Å². The molecule has 2 aromatic heterocycles. The summed E-state index contributed by atoms with van der Waals surface area (Å²) < 4.78 is 0.978. The van der Waals surface area contributed by atoms with E-state index in [0.29, 0.717) is 6.54 Å². The van der Waals surface area contributed by atoms with Gasteiger partial charge >= 0.3 is 5.69 Å². The van der Waals surface area contributed by atoms with Gasteiger partial charge in [-0.05, 0) is 37.5 Å². The molecule has 0 saturated carbocycles. The van der Waals surface area contributed by atoms with Crippen molar-refractivity contribution < 1.29 is 4.79 Å². The monoisotopic (exact) mass is 367 g/mol. The molecule has 1 fully saturated rings. The summed E-state index contributed by atoms with van der Waals surface area (Å²) in [6.45, 7) is 2.65. The number of nitrogens with one attached hydrogen (secondary N) is 2. The molecule has 2 N–H and O–H groups in total. The number of likely N-dealkylation sites (tertiary alicyclic amines) is 1. The number of benzene rings is 1. The van der Waals surface area contributed by atoms with Crippen LogP contribution in [0.2, 0.25) is 0 Å². The molecule has 1 aliphatic heterocycles. The van der Waals surface area contributed by atoms with Crippen LogP contribution in [0.25, 0.3) is 11.0 Å². The fourth-order valence-corrected chi connectivity index (χ4v) is 3.66. The van der Waals surface area contributed by atoms with Crippen LogP contribution in [0.3, 0.4) is 0 Å². The average molecular weight is 367 g/mol. The fraction of sp³-hybridized carbons (Fsp3) is 0.368. The van der Waals surface area contributed by atoms with Crippen LogP contribution >= 0.6 is 0 Å². The number of amides is 1. The number of rotatable bonds is 3. The minimum Gasteiger partial charge on any atom is -0.340 e. The van der Waals surface area contributed by atoms with Crippen molar-refractivity contribution in [3.8, 4) is 0 Å². The first-order valence-corrected chi connectivity index (χ1v) is 8.97. The van der Waals surface area contributed by atoms with E-state index in [9.17, 15) is 14.4 Å². The van der Waals surface area contributed by atoms with Crippen LogP contribution in [0.5, 0.6) is 0 Å². The normalized spacial score (nSPS) is 17.0.